The lowest BCUT2D eigenvalue weighted by atomic mass is 10.5. The molecule has 86 valence electrons. The normalized spacial score (nSPS) is 9.88. The highest BCUT2D eigenvalue weighted by atomic mass is 15.5. The second-order valence-corrected chi connectivity index (χ2v) is 3.22. The van der Waals surface area contributed by atoms with Gasteiger partial charge in [0.25, 0.3) is 0 Å². The fourth-order valence-electron chi connectivity index (χ4n) is 1.13. The zero-order chi connectivity index (χ0) is 11.8. The van der Waals surface area contributed by atoms with Gasteiger partial charge in [0.05, 0.1) is 6.54 Å². The Morgan fingerprint density at radius 3 is 2.88 bits per heavy atom. The molecule has 0 aromatic carbocycles. The van der Waals surface area contributed by atoms with Gasteiger partial charge < -0.3 is 5.32 Å². The molecule has 1 rings (SSSR count). The minimum absolute atomic E-state index is 0.397. The lowest BCUT2D eigenvalue weighted by molar-refractivity contribution is 0.397. The van der Waals surface area contributed by atoms with Crippen molar-refractivity contribution >= 4 is 11.9 Å². The molecule has 0 aliphatic heterocycles. The van der Waals surface area contributed by atoms with Crippen molar-refractivity contribution in [3.05, 3.63) is 6.33 Å². The molecule has 0 amide bonds. The van der Waals surface area contributed by atoms with E-state index in [2.05, 4.69) is 38.5 Å². The van der Waals surface area contributed by atoms with Crippen LogP contribution in [0, 0.1) is 12.3 Å². The summed E-state index contributed by atoms with van der Waals surface area (Å²) in [5.41, 5.74) is 3.04. The monoisotopic (exact) mass is 220 g/mol. The van der Waals surface area contributed by atoms with Crippen molar-refractivity contribution in [2.45, 2.75) is 13.3 Å². The number of hydrazine groups is 1. The lowest BCUT2D eigenvalue weighted by Gasteiger charge is -2.16. The highest BCUT2D eigenvalue weighted by molar-refractivity contribution is 5.32. The number of terminal acetylenes is 1. The van der Waals surface area contributed by atoms with E-state index in [4.69, 9.17) is 6.42 Å². The number of hydrogen-bond donors (Lipinski definition) is 2. The molecule has 6 nitrogen and oxygen atoms in total. The summed E-state index contributed by atoms with van der Waals surface area (Å²) in [6.07, 6.45) is 7.62. The van der Waals surface area contributed by atoms with E-state index in [1.165, 1.54) is 6.33 Å². The lowest BCUT2D eigenvalue weighted by Crippen LogP contribution is -2.27. The zero-order valence-corrected chi connectivity index (χ0v) is 9.56. The SMILES string of the molecule is C#CCNc1ncnc(NN(C)CCC)n1. The molecule has 0 radical (unpaired) electrons. The van der Waals surface area contributed by atoms with Gasteiger partial charge in [-0.3, -0.25) is 5.43 Å². The Bertz CT molecular complexity index is 359. The van der Waals surface area contributed by atoms with Crippen molar-refractivity contribution in [2.75, 3.05) is 30.9 Å². The van der Waals surface area contributed by atoms with Gasteiger partial charge in [0, 0.05) is 13.6 Å². The van der Waals surface area contributed by atoms with E-state index in [0.717, 1.165) is 13.0 Å². The largest absolute Gasteiger partial charge is 0.343 e. The molecule has 0 saturated heterocycles. The maximum absolute atomic E-state index is 5.13. The molecule has 2 N–H and O–H groups in total. The van der Waals surface area contributed by atoms with Gasteiger partial charge in [-0.2, -0.15) is 4.98 Å². The quantitative estimate of drug-likeness (QED) is 0.540. The third kappa shape index (κ3) is 4.11. The summed E-state index contributed by atoms with van der Waals surface area (Å²) in [6, 6.07) is 0. The minimum Gasteiger partial charge on any atom is -0.343 e. The highest BCUT2D eigenvalue weighted by Crippen LogP contribution is 2.02. The second kappa shape index (κ2) is 6.58. The molecular formula is C10H16N6. The molecule has 0 aliphatic carbocycles. The standard InChI is InChI=1S/C10H16N6/c1-4-6-11-9-12-8-13-10(14-9)15-16(3)7-5-2/h1,8H,5-7H2,2-3H3,(H2,11,12,13,14,15). The Labute approximate surface area is 95.5 Å². The molecule has 0 saturated carbocycles. The number of anilines is 2. The molecule has 1 aromatic rings. The summed E-state index contributed by atoms with van der Waals surface area (Å²) in [5, 5.41) is 4.80. The highest BCUT2D eigenvalue weighted by Gasteiger charge is 2.01. The Kier molecular flexibility index (Phi) is 5.02. The minimum atomic E-state index is 0.397. The van der Waals surface area contributed by atoms with E-state index in [1.54, 1.807) is 0 Å². The van der Waals surface area contributed by atoms with Gasteiger partial charge in [0.1, 0.15) is 6.33 Å². The van der Waals surface area contributed by atoms with Crippen LogP contribution in [0.4, 0.5) is 11.9 Å². The van der Waals surface area contributed by atoms with E-state index in [0.29, 0.717) is 18.4 Å². The molecule has 0 spiro atoms. The van der Waals surface area contributed by atoms with Gasteiger partial charge in [-0.15, -0.1) is 6.42 Å². The molecule has 0 unspecified atom stereocenters. The van der Waals surface area contributed by atoms with Crippen LogP contribution in [0.3, 0.4) is 0 Å². The van der Waals surface area contributed by atoms with Crippen LogP contribution >= 0.6 is 0 Å². The van der Waals surface area contributed by atoms with E-state index >= 15 is 0 Å². The van der Waals surface area contributed by atoms with Crippen LogP contribution in [0.25, 0.3) is 0 Å². The van der Waals surface area contributed by atoms with E-state index in [1.807, 2.05) is 12.1 Å². The molecule has 1 heterocycles. The summed E-state index contributed by atoms with van der Waals surface area (Å²) in [6.45, 7) is 3.42. The maximum Gasteiger partial charge on any atom is 0.242 e. The molecule has 0 bridgehead atoms. The fourth-order valence-corrected chi connectivity index (χ4v) is 1.13. The van der Waals surface area contributed by atoms with E-state index in [9.17, 15) is 0 Å². The van der Waals surface area contributed by atoms with Crippen molar-refractivity contribution in [3.8, 4) is 12.3 Å². The number of nitrogens with one attached hydrogen (secondary N) is 2. The van der Waals surface area contributed by atoms with Crippen LogP contribution in [-0.4, -0.2) is 40.1 Å². The number of aromatic nitrogens is 3. The van der Waals surface area contributed by atoms with Crippen LogP contribution in [0.15, 0.2) is 6.33 Å². The third-order valence-electron chi connectivity index (χ3n) is 1.77. The van der Waals surface area contributed by atoms with Crippen LogP contribution in [-0.2, 0) is 0 Å². The first-order valence-corrected chi connectivity index (χ1v) is 5.10. The molecule has 6 heteroatoms. The Morgan fingerprint density at radius 1 is 1.44 bits per heavy atom. The van der Waals surface area contributed by atoms with Crippen molar-refractivity contribution in [1.29, 1.82) is 0 Å². The van der Waals surface area contributed by atoms with Crippen LogP contribution in [0.2, 0.25) is 0 Å². The number of rotatable bonds is 6. The average Bonchev–Trinajstić information content (AvgIpc) is 2.27. The Balaban J connectivity index is 2.57. The average molecular weight is 220 g/mol. The molecule has 1 aromatic heterocycles. The zero-order valence-electron chi connectivity index (χ0n) is 9.56. The fraction of sp³-hybridized carbons (Fsp3) is 0.500. The molecular weight excluding hydrogens is 204 g/mol. The van der Waals surface area contributed by atoms with Gasteiger partial charge in [0.15, 0.2) is 0 Å². The van der Waals surface area contributed by atoms with Gasteiger partial charge in [0.2, 0.25) is 11.9 Å². The summed E-state index contributed by atoms with van der Waals surface area (Å²) in [5.74, 6) is 3.43. The van der Waals surface area contributed by atoms with Gasteiger partial charge in [-0.05, 0) is 6.42 Å². The topological polar surface area (TPSA) is 66.0 Å². The Hall–Kier alpha value is -1.87. The van der Waals surface area contributed by atoms with Crippen molar-refractivity contribution < 1.29 is 0 Å². The van der Waals surface area contributed by atoms with Gasteiger partial charge in [-0.1, -0.05) is 12.8 Å². The van der Waals surface area contributed by atoms with Crippen molar-refractivity contribution in [3.63, 3.8) is 0 Å². The Morgan fingerprint density at radius 2 is 2.19 bits per heavy atom. The first kappa shape index (κ1) is 12.2. The summed E-state index contributed by atoms with van der Waals surface area (Å²) >= 11 is 0. The molecule has 0 aliphatic rings. The predicted molar refractivity (Wildman–Crippen MR) is 63.7 cm³/mol. The third-order valence-corrected chi connectivity index (χ3v) is 1.77. The summed E-state index contributed by atoms with van der Waals surface area (Å²) in [4.78, 5) is 12.1. The maximum atomic E-state index is 5.13. The second-order valence-electron chi connectivity index (χ2n) is 3.22. The molecule has 0 atom stereocenters. The predicted octanol–water partition coefficient (Wildman–Crippen LogP) is 0.585. The smallest absolute Gasteiger partial charge is 0.242 e. The number of nitrogens with zero attached hydrogens (tertiary/aromatic N) is 4. The van der Waals surface area contributed by atoms with Crippen molar-refractivity contribution in [1.82, 2.24) is 20.0 Å². The van der Waals surface area contributed by atoms with Gasteiger partial charge >= 0.3 is 0 Å². The first-order chi connectivity index (χ1) is 7.76. The van der Waals surface area contributed by atoms with Crippen LogP contribution < -0.4 is 10.7 Å². The molecule has 16 heavy (non-hydrogen) atoms. The first-order valence-electron chi connectivity index (χ1n) is 5.10. The van der Waals surface area contributed by atoms with Crippen LogP contribution in [0.1, 0.15) is 13.3 Å². The van der Waals surface area contributed by atoms with Crippen molar-refractivity contribution in [2.24, 2.45) is 0 Å². The summed E-state index contributed by atoms with van der Waals surface area (Å²) in [7, 11) is 1.93. The number of hydrogen-bond acceptors (Lipinski definition) is 6. The van der Waals surface area contributed by atoms with Gasteiger partial charge in [-0.25, -0.2) is 15.0 Å². The summed E-state index contributed by atoms with van der Waals surface area (Å²) < 4.78 is 0. The van der Waals surface area contributed by atoms with Crippen LogP contribution in [0.5, 0.6) is 0 Å². The van der Waals surface area contributed by atoms with E-state index in [-0.39, 0.29) is 0 Å². The van der Waals surface area contributed by atoms with E-state index < -0.39 is 0 Å². The molecule has 0 fully saturated rings.